The molecule has 2 rings (SSSR count). The molecule has 0 saturated carbocycles. The number of aromatic nitrogens is 2. The number of nitrogens with two attached hydrogens (primary N) is 1. The Bertz CT molecular complexity index is 642. The van der Waals surface area contributed by atoms with Gasteiger partial charge in [-0.2, -0.15) is 0 Å². The molecule has 0 spiro atoms. The predicted molar refractivity (Wildman–Crippen MR) is 87.3 cm³/mol. The van der Waals surface area contributed by atoms with E-state index < -0.39 is 0 Å². The van der Waals surface area contributed by atoms with Gasteiger partial charge in [-0.1, -0.05) is 23.5 Å². The average molecular weight is 320 g/mol. The number of benzene rings is 1. The van der Waals surface area contributed by atoms with E-state index in [1.165, 1.54) is 16.9 Å². The van der Waals surface area contributed by atoms with E-state index >= 15 is 0 Å². The number of anilines is 1. The van der Waals surface area contributed by atoms with Gasteiger partial charge in [0.1, 0.15) is 10.8 Å². The lowest BCUT2D eigenvalue weighted by Gasteiger charge is -2.09. The number of nitrogens with one attached hydrogen (secondary N) is 1. The lowest BCUT2D eigenvalue weighted by atomic mass is 10.1. The van der Waals surface area contributed by atoms with Crippen molar-refractivity contribution < 1.29 is 9.53 Å². The molecular weight excluding hydrogens is 300 g/mol. The Labute approximate surface area is 133 Å². The van der Waals surface area contributed by atoms with E-state index in [-0.39, 0.29) is 12.5 Å². The molecule has 6 nitrogen and oxygen atoms in total. The molecule has 0 saturated heterocycles. The second-order valence-corrected chi connectivity index (χ2v) is 6.04. The van der Waals surface area contributed by atoms with Crippen molar-refractivity contribution in [2.75, 3.05) is 18.5 Å². The number of amides is 1. The summed E-state index contributed by atoms with van der Waals surface area (Å²) in [6, 6.07) is 6.17. The number of nitrogens with zero attached hydrogens (tertiary/aromatic N) is 2. The summed E-state index contributed by atoms with van der Waals surface area (Å²) in [7, 11) is 0. The maximum atomic E-state index is 11.1. The molecule has 0 atom stereocenters. The molecule has 1 aromatic heterocycles. The summed E-state index contributed by atoms with van der Waals surface area (Å²) >= 11 is 1.36. The van der Waals surface area contributed by atoms with E-state index in [4.69, 9.17) is 10.5 Å². The topological polar surface area (TPSA) is 90.1 Å². The molecule has 0 bridgehead atoms. The monoisotopic (exact) mass is 320 g/mol. The summed E-state index contributed by atoms with van der Waals surface area (Å²) in [4.78, 5) is 11.1. The molecule has 0 radical (unpaired) electrons. The number of carbonyl (C=O) groups excluding carboxylic acids is 1. The van der Waals surface area contributed by atoms with Gasteiger partial charge in [-0.3, -0.25) is 10.1 Å². The standard InChI is InChI=1S/C15H20N4O2S/c1-10-5-6-11(2)12(8-10)21-7-3-4-14-18-19-15(22-14)17-13(20)9-16/h5-6,8H,3-4,7,9,16H2,1-2H3,(H,17,19,20). The second kappa shape index (κ2) is 7.86. The summed E-state index contributed by atoms with van der Waals surface area (Å²) < 4.78 is 5.80. The van der Waals surface area contributed by atoms with Crippen LogP contribution in [0, 0.1) is 13.8 Å². The predicted octanol–water partition coefficient (Wildman–Crippen LogP) is 2.06. The fourth-order valence-electron chi connectivity index (χ4n) is 1.84. The third kappa shape index (κ3) is 4.78. The van der Waals surface area contributed by atoms with Crippen molar-refractivity contribution in [2.24, 2.45) is 5.73 Å². The number of hydrogen-bond donors (Lipinski definition) is 2. The van der Waals surface area contributed by atoms with Gasteiger partial charge in [0.2, 0.25) is 11.0 Å². The highest BCUT2D eigenvalue weighted by atomic mass is 32.1. The Morgan fingerprint density at radius 2 is 2.18 bits per heavy atom. The highest BCUT2D eigenvalue weighted by Crippen LogP contribution is 2.20. The first-order valence-electron chi connectivity index (χ1n) is 7.11. The summed E-state index contributed by atoms with van der Waals surface area (Å²) in [5.41, 5.74) is 7.55. The SMILES string of the molecule is Cc1ccc(C)c(OCCCc2nnc(NC(=O)CN)s2)c1. The van der Waals surface area contributed by atoms with Gasteiger partial charge in [-0.05, 0) is 37.5 Å². The van der Waals surface area contributed by atoms with Gasteiger partial charge in [0.25, 0.3) is 0 Å². The number of hydrogen-bond acceptors (Lipinski definition) is 6. The lowest BCUT2D eigenvalue weighted by Crippen LogP contribution is -2.21. The minimum Gasteiger partial charge on any atom is -0.493 e. The third-order valence-corrected chi connectivity index (χ3v) is 3.93. The van der Waals surface area contributed by atoms with Crippen molar-refractivity contribution in [1.29, 1.82) is 0 Å². The van der Waals surface area contributed by atoms with E-state index in [2.05, 4.69) is 27.6 Å². The van der Waals surface area contributed by atoms with E-state index in [0.29, 0.717) is 11.7 Å². The summed E-state index contributed by atoms with van der Waals surface area (Å²) in [5.74, 6) is 0.661. The van der Waals surface area contributed by atoms with Crippen molar-refractivity contribution in [1.82, 2.24) is 10.2 Å². The van der Waals surface area contributed by atoms with Crippen LogP contribution in [0.5, 0.6) is 5.75 Å². The Morgan fingerprint density at radius 1 is 1.36 bits per heavy atom. The van der Waals surface area contributed by atoms with Crippen molar-refractivity contribution in [3.63, 3.8) is 0 Å². The number of aryl methyl sites for hydroxylation is 3. The molecule has 1 aromatic carbocycles. The smallest absolute Gasteiger partial charge is 0.239 e. The van der Waals surface area contributed by atoms with Gasteiger partial charge >= 0.3 is 0 Å². The van der Waals surface area contributed by atoms with Crippen molar-refractivity contribution in [3.05, 3.63) is 34.3 Å². The van der Waals surface area contributed by atoms with E-state index in [1.807, 2.05) is 19.9 Å². The van der Waals surface area contributed by atoms with Gasteiger partial charge in [0, 0.05) is 6.42 Å². The van der Waals surface area contributed by atoms with E-state index in [9.17, 15) is 4.79 Å². The molecule has 0 aliphatic rings. The van der Waals surface area contributed by atoms with Crippen LogP contribution < -0.4 is 15.8 Å². The molecule has 0 aliphatic carbocycles. The quantitative estimate of drug-likeness (QED) is 0.762. The van der Waals surface area contributed by atoms with Crippen LogP contribution in [0.3, 0.4) is 0 Å². The van der Waals surface area contributed by atoms with Crippen LogP contribution in [0.1, 0.15) is 22.6 Å². The zero-order valence-electron chi connectivity index (χ0n) is 12.8. The average Bonchev–Trinajstić information content (AvgIpc) is 2.94. The van der Waals surface area contributed by atoms with Crippen LogP contribution in [-0.2, 0) is 11.2 Å². The number of rotatable bonds is 7. The summed E-state index contributed by atoms with van der Waals surface area (Å²) in [6.07, 6.45) is 1.61. The summed E-state index contributed by atoms with van der Waals surface area (Å²) in [6.45, 7) is 4.64. The van der Waals surface area contributed by atoms with Gasteiger partial charge < -0.3 is 10.5 Å². The summed E-state index contributed by atoms with van der Waals surface area (Å²) in [5, 5.41) is 11.9. The van der Waals surface area contributed by atoms with Crippen molar-refractivity contribution in [2.45, 2.75) is 26.7 Å². The van der Waals surface area contributed by atoms with Crippen LogP contribution in [0.2, 0.25) is 0 Å². The highest BCUT2D eigenvalue weighted by Gasteiger charge is 2.07. The molecule has 7 heteroatoms. The first-order valence-corrected chi connectivity index (χ1v) is 7.92. The lowest BCUT2D eigenvalue weighted by molar-refractivity contribution is -0.114. The van der Waals surface area contributed by atoms with Gasteiger partial charge in [-0.15, -0.1) is 10.2 Å². The molecule has 22 heavy (non-hydrogen) atoms. The minimum atomic E-state index is -0.263. The first-order chi connectivity index (χ1) is 10.6. The van der Waals surface area contributed by atoms with E-state index in [1.54, 1.807) is 0 Å². The Balaban J connectivity index is 1.77. The van der Waals surface area contributed by atoms with Crippen molar-refractivity contribution >= 4 is 22.4 Å². The number of carbonyl (C=O) groups is 1. The Kier molecular flexibility index (Phi) is 5.85. The first kappa shape index (κ1) is 16.4. The van der Waals surface area contributed by atoms with E-state index in [0.717, 1.165) is 29.2 Å². The Hall–Kier alpha value is -1.99. The molecule has 3 N–H and O–H groups in total. The van der Waals surface area contributed by atoms with Crippen molar-refractivity contribution in [3.8, 4) is 5.75 Å². The molecule has 2 aromatic rings. The molecule has 1 amide bonds. The molecule has 1 heterocycles. The zero-order chi connectivity index (χ0) is 15.9. The maximum Gasteiger partial charge on any atom is 0.239 e. The van der Waals surface area contributed by atoms with Crippen LogP contribution in [0.15, 0.2) is 18.2 Å². The normalized spacial score (nSPS) is 10.5. The van der Waals surface area contributed by atoms with Crippen LogP contribution >= 0.6 is 11.3 Å². The molecular formula is C15H20N4O2S. The zero-order valence-corrected chi connectivity index (χ0v) is 13.6. The van der Waals surface area contributed by atoms with Gasteiger partial charge in [0.15, 0.2) is 0 Å². The fraction of sp³-hybridized carbons (Fsp3) is 0.400. The second-order valence-electron chi connectivity index (χ2n) is 4.97. The molecule has 0 aliphatic heterocycles. The molecule has 0 fully saturated rings. The van der Waals surface area contributed by atoms with Crippen LogP contribution in [0.25, 0.3) is 0 Å². The van der Waals surface area contributed by atoms with Gasteiger partial charge in [-0.25, -0.2) is 0 Å². The van der Waals surface area contributed by atoms with Crippen LogP contribution in [0.4, 0.5) is 5.13 Å². The highest BCUT2D eigenvalue weighted by molar-refractivity contribution is 7.15. The van der Waals surface area contributed by atoms with Gasteiger partial charge in [0.05, 0.1) is 13.2 Å². The largest absolute Gasteiger partial charge is 0.493 e. The van der Waals surface area contributed by atoms with Crippen LogP contribution in [-0.4, -0.2) is 29.3 Å². The fourth-order valence-corrected chi connectivity index (χ4v) is 2.64. The molecule has 0 unspecified atom stereocenters. The number of ether oxygens (including phenoxy) is 1. The minimum absolute atomic E-state index is 0.0569. The maximum absolute atomic E-state index is 11.1. The third-order valence-electron chi connectivity index (χ3n) is 3.03. The molecule has 118 valence electrons. The Morgan fingerprint density at radius 3 is 2.95 bits per heavy atom.